The van der Waals surface area contributed by atoms with Crippen LogP contribution in [0, 0.1) is 5.92 Å². The number of morpholine rings is 1. The quantitative estimate of drug-likeness (QED) is 0.795. The predicted octanol–water partition coefficient (Wildman–Crippen LogP) is 0.439. The van der Waals surface area contributed by atoms with Gasteiger partial charge in [-0.2, -0.15) is 0 Å². The number of amides is 1. The van der Waals surface area contributed by atoms with E-state index in [1.165, 1.54) is 0 Å². The molecule has 0 spiro atoms. The van der Waals surface area contributed by atoms with Gasteiger partial charge in [0, 0.05) is 39.1 Å². The first-order valence-electron chi connectivity index (χ1n) is 8.47. The molecule has 0 radical (unpaired) electrons. The zero-order chi connectivity index (χ0) is 16.5. The molecule has 0 saturated carbocycles. The summed E-state index contributed by atoms with van der Waals surface area (Å²) < 4.78 is 7.23. The molecule has 2 aliphatic rings. The van der Waals surface area contributed by atoms with Gasteiger partial charge in [-0.1, -0.05) is 0 Å². The van der Waals surface area contributed by atoms with Crippen LogP contribution in [-0.4, -0.2) is 69.7 Å². The summed E-state index contributed by atoms with van der Waals surface area (Å²) in [5, 5.41) is 0. The highest BCUT2D eigenvalue weighted by molar-refractivity contribution is 5.84. The molecular formula is C16H22N6O2. The third kappa shape index (κ3) is 2.71. The van der Waals surface area contributed by atoms with Gasteiger partial charge in [0.15, 0.2) is 17.0 Å². The Morgan fingerprint density at radius 3 is 2.62 bits per heavy atom. The fourth-order valence-corrected chi connectivity index (χ4v) is 3.54. The first kappa shape index (κ1) is 15.3. The molecule has 8 heteroatoms. The second kappa shape index (κ2) is 6.35. The van der Waals surface area contributed by atoms with Crippen molar-refractivity contribution in [3.63, 3.8) is 0 Å². The number of ether oxygens (including phenoxy) is 1. The predicted molar refractivity (Wildman–Crippen MR) is 88.6 cm³/mol. The second-order valence-electron chi connectivity index (χ2n) is 6.42. The van der Waals surface area contributed by atoms with Crippen molar-refractivity contribution in [3.8, 4) is 0 Å². The van der Waals surface area contributed by atoms with E-state index in [2.05, 4.69) is 19.9 Å². The minimum Gasteiger partial charge on any atom is -0.378 e. The maximum absolute atomic E-state index is 12.6. The van der Waals surface area contributed by atoms with E-state index in [9.17, 15) is 4.79 Å². The molecule has 0 N–H and O–H groups in total. The van der Waals surface area contributed by atoms with E-state index in [1.54, 1.807) is 12.7 Å². The van der Waals surface area contributed by atoms with Crippen molar-refractivity contribution < 1.29 is 9.53 Å². The molecule has 128 valence electrons. The van der Waals surface area contributed by atoms with Crippen LogP contribution in [-0.2, 0) is 16.6 Å². The van der Waals surface area contributed by atoms with Gasteiger partial charge in [0.1, 0.15) is 6.33 Å². The largest absolute Gasteiger partial charge is 0.378 e. The average Bonchev–Trinajstić information content (AvgIpc) is 3.03. The van der Waals surface area contributed by atoms with E-state index in [1.807, 2.05) is 16.5 Å². The van der Waals surface area contributed by atoms with Gasteiger partial charge in [0.2, 0.25) is 5.91 Å². The number of nitrogens with zero attached hydrogens (tertiary/aromatic N) is 6. The maximum Gasteiger partial charge on any atom is 0.225 e. The van der Waals surface area contributed by atoms with Gasteiger partial charge in [0.25, 0.3) is 0 Å². The molecule has 4 rings (SSSR count). The summed E-state index contributed by atoms with van der Waals surface area (Å²) in [7, 11) is 1.93. The Kier molecular flexibility index (Phi) is 4.05. The minimum absolute atomic E-state index is 0.111. The van der Waals surface area contributed by atoms with Crippen molar-refractivity contribution in [3.05, 3.63) is 12.7 Å². The Bertz CT molecular complexity index is 731. The summed E-state index contributed by atoms with van der Waals surface area (Å²) in [4.78, 5) is 29.9. The monoisotopic (exact) mass is 330 g/mol. The van der Waals surface area contributed by atoms with Crippen molar-refractivity contribution in [1.82, 2.24) is 24.4 Å². The van der Waals surface area contributed by atoms with Crippen molar-refractivity contribution in [2.75, 3.05) is 44.3 Å². The lowest BCUT2D eigenvalue weighted by Gasteiger charge is -2.35. The van der Waals surface area contributed by atoms with Crippen LogP contribution in [0.4, 0.5) is 5.82 Å². The zero-order valence-electron chi connectivity index (χ0n) is 13.9. The third-order valence-electron chi connectivity index (χ3n) is 4.94. The zero-order valence-corrected chi connectivity index (χ0v) is 13.9. The number of carbonyl (C=O) groups is 1. The normalized spacial score (nSPS) is 19.9. The van der Waals surface area contributed by atoms with Gasteiger partial charge in [-0.25, -0.2) is 15.0 Å². The van der Waals surface area contributed by atoms with E-state index in [0.29, 0.717) is 13.2 Å². The van der Waals surface area contributed by atoms with Gasteiger partial charge >= 0.3 is 0 Å². The molecule has 0 aliphatic carbocycles. The van der Waals surface area contributed by atoms with Gasteiger partial charge in [0.05, 0.1) is 19.5 Å². The van der Waals surface area contributed by atoms with Crippen molar-refractivity contribution >= 4 is 22.9 Å². The number of aryl methyl sites for hydroxylation is 1. The van der Waals surface area contributed by atoms with E-state index >= 15 is 0 Å². The summed E-state index contributed by atoms with van der Waals surface area (Å²) >= 11 is 0. The number of carbonyl (C=O) groups excluding carboxylic acids is 1. The number of anilines is 1. The molecule has 2 aliphatic heterocycles. The first-order chi connectivity index (χ1) is 11.7. The molecule has 2 aromatic heterocycles. The Hall–Kier alpha value is -2.22. The minimum atomic E-state index is 0.111. The number of piperidine rings is 1. The summed E-state index contributed by atoms with van der Waals surface area (Å²) in [5.74, 6) is 1.27. The Morgan fingerprint density at radius 1 is 1.12 bits per heavy atom. The van der Waals surface area contributed by atoms with Crippen LogP contribution in [0.1, 0.15) is 12.8 Å². The van der Waals surface area contributed by atoms with Crippen LogP contribution in [0.15, 0.2) is 12.7 Å². The topological polar surface area (TPSA) is 76.4 Å². The fraction of sp³-hybridized carbons (Fsp3) is 0.625. The molecule has 0 aromatic carbocycles. The third-order valence-corrected chi connectivity index (χ3v) is 4.94. The standard InChI is InChI=1S/C16H22N6O2/c1-20-11-19-13-14(20)17-10-18-15(13)21-4-2-12(3-5-21)16(23)22-6-8-24-9-7-22/h10-12H,2-9H2,1H3. The van der Waals surface area contributed by atoms with Gasteiger partial charge in [-0.15, -0.1) is 0 Å². The van der Waals surface area contributed by atoms with Crippen LogP contribution in [0.25, 0.3) is 11.2 Å². The smallest absolute Gasteiger partial charge is 0.225 e. The number of hydrogen-bond donors (Lipinski definition) is 0. The highest BCUT2D eigenvalue weighted by Gasteiger charge is 2.30. The van der Waals surface area contributed by atoms with Gasteiger partial charge in [-0.3, -0.25) is 4.79 Å². The fourth-order valence-electron chi connectivity index (χ4n) is 3.54. The molecule has 0 unspecified atom stereocenters. The van der Waals surface area contributed by atoms with Crippen LogP contribution in [0.3, 0.4) is 0 Å². The summed E-state index contributed by atoms with van der Waals surface area (Å²) in [5.41, 5.74) is 1.67. The first-order valence-corrected chi connectivity index (χ1v) is 8.47. The van der Waals surface area contributed by atoms with Crippen LogP contribution >= 0.6 is 0 Å². The molecule has 0 atom stereocenters. The highest BCUT2D eigenvalue weighted by Crippen LogP contribution is 2.27. The Morgan fingerprint density at radius 2 is 1.88 bits per heavy atom. The number of aromatic nitrogens is 4. The Labute approximate surface area is 140 Å². The highest BCUT2D eigenvalue weighted by atomic mass is 16.5. The SMILES string of the molecule is Cn1cnc2c(N3CCC(C(=O)N4CCOCC4)CC3)ncnc21. The van der Waals surface area contributed by atoms with Crippen LogP contribution in [0.2, 0.25) is 0 Å². The molecule has 2 saturated heterocycles. The summed E-state index contributed by atoms with van der Waals surface area (Å²) in [6.45, 7) is 4.40. The lowest BCUT2D eigenvalue weighted by atomic mass is 9.95. The van der Waals surface area contributed by atoms with Crippen LogP contribution in [0.5, 0.6) is 0 Å². The number of imidazole rings is 1. The van der Waals surface area contributed by atoms with Crippen molar-refractivity contribution in [1.29, 1.82) is 0 Å². The van der Waals surface area contributed by atoms with E-state index in [0.717, 1.165) is 56.0 Å². The molecule has 4 heterocycles. The molecule has 8 nitrogen and oxygen atoms in total. The molecular weight excluding hydrogens is 308 g/mol. The Balaban J connectivity index is 1.44. The second-order valence-corrected chi connectivity index (χ2v) is 6.42. The summed E-state index contributed by atoms with van der Waals surface area (Å²) in [6.07, 6.45) is 5.06. The lowest BCUT2D eigenvalue weighted by molar-refractivity contribution is -0.140. The van der Waals surface area contributed by atoms with Crippen molar-refractivity contribution in [2.24, 2.45) is 13.0 Å². The van der Waals surface area contributed by atoms with Gasteiger partial charge < -0.3 is 19.1 Å². The average molecular weight is 330 g/mol. The summed E-state index contributed by atoms with van der Waals surface area (Å²) in [6, 6.07) is 0. The molecule has 24 heavy (non-hydrogen) atoms. The lowest BCUT2D eigenvalue weighted by Crippen LogP contribution is -2.47. The maximum atomic E-state index is 12.6. The van der Waals surface area contributed by atoms with Crippen molar-refractivity contribution in [2.45, 2.75) is 12.8 Å². The van der Waals surface area contributed by atoms with E-state index in [4.69, 9.17) is 4.74 Å². The number of fused-ring (bicyclic) bond motifs is 1. The molecule has 0 bridgehead atoms. The molecule has 2 aromatic rings. The molecule has 1 amide bonds. The van der Waals surface area contributed by atoms with Crippen LogP contribution < -0.4 is 4.90 Å². The number of rotatable bonds is 2. The molecule has 2 fully saturated rings. The van der Waals surface area contributed by atoms with Gasteiger partial charge in [-0.05, 0) is 12.8 Å². The number of hydrogen-bond acceptors (Lipinski definition) is 6. The van der Waals surface area contributed by atoms with E-state index < -0.39 is 0 Å². The van der Waals surface area contributed by atoms with E-state index in [-0.39, 0.29) is 11.8 Å².